The number of carbonyl (C=O) groups is 2. The molecule has 1 aromatic carbocycles. The summed E-state index contributed by atoms with van der Waals surface area (Å²) in [5.74, 6) is -0.307. The highest BCUT2D eigenvalue weighted by Crippen LogP contribution is 2.43. The Hall–Kier alpha value is -3.06. The van der Waals surface area contributed by atoms with Crippen LogP contribution in [0.2, 0.25) is 0 Å². The van der Waals surface area contributed by atoms with Crippen LogP contribution in [0.3, 0.4) is 0 Å². The Labute approximate surface area is 205 Å². The zero-order valence-electron chi connectivity index (χ0n) is 20.7. The monoisotopic (exact) mass is 513 g/mol. The molecule has 2 amide bonds. The number of aliphatic hydroxyl groups excluding tert-OH is 1. The van der Waals surface area contributed by atoms with Gasteiger partial charge in [0.05, 0.1) is 11.5 Å². The molecule has 196 valence electrons. The van der Waals surface area contributed by atoms with Crippen molar-refractivity contribution in [3.05, 3.63) is 22.3 Å². The third-order valence-electron chi connectivity index (χ3n) is 5.79. The van der Waals surface area contributed by atoms with E-state index in [-0.39, 0.29) is 37.4 Å². The van der Waals surface area contributed by atoms with Gasteiger partial charge in [0, 0.05) is 25.1 Å². The van der Waals surface area contributed by atoms with Gasteiger partial charge in [-0.1, -0.05) is 0 Å². The number of nitrogens with one attached hydrogen (secondary N) is 5. The van der Waals surface area contributed by atoms with Crippen molar-refractivity contribution in [2.24, 2.45) is 0 Å². The first-order valence-electron chi connectivity index (χ1n) is 11.2. The van der Waals surface area contributed by atoms with E-state index in [9.17, 15) is 18.0 Å². The average molecular weight is 514 g/mol. The average Bonchev–Trinajstić information content (AvgIpc) is 3.07. The fourth-order valence-electron chi connectivity index (χ4n) is 4.11. The second-order valence-electron chi connectivity index (χ2n) is 9.12. The molecule has 1 heterocycles. The summed E-state index contributed by atoms with van der Waals surface area (Å²) in [6.07, 6.45) is -0.421. The van der Waals surface area contributed by atoms with Crippen LogP contribution in [0.25, 0.3) is 0 Å². The first-order chi connectivity index (χ1) is 16.2. The number of amides is 2. The fraction of sp³-hybridized carbons (Fsp3) is 0.591. The normalized spacial score (nSPS) is 14.9. The van der Waals surface area contributed by atoms with E-state index < -0.39 is 39.6 Å². The van der Waals surface area contributed by atoms with E-state index in [1.54, 1.807) is 13.8 Å². The molecule has 0 fully saturated rings. The molecule has 0 aliphatic carbocycles. The van der Waals surface area contributed by atoms with Gasteiger partial charge in [0.15, 0.2) is 0 Å². The zero-order chi connectivity index (χ0) is 26.6. The van der Waals surface area contributed by atoms with Gasteiger partial charge in [0.25, 0.3) is 10.0 Å². The molecule has 1 unspecified atom stereocenters. The lowest BCUT2D eigenvalue weighted by atomic mass is 9.94. The zero-order valence-corrected chi connectivity index (χ0v) is 21.5. The minimum absolute atomic E-state index is 0.00801. The summed E-state index contributed by atoms with van der Waals surface area (Å²) in [7, 11) is -4.07. The van der Waals surface area contributed by atoms with Crippen molar-refractivity contribution in [1.82, 2.24) is 20.7 Å². The van der Waals surface area contributed by atoms with Crippen LogP contribution in [-0.4, -0.2) is 67.9 Å². The molecule has 0 spiro atoms. The van der Waals surface area contributed by atoms with Crippen LogP contribution in [0.4, 0.5) is 4.79 Å². The number of fused-ring (bicyclic) bond motifs is 1. The summed E-state index contributed by atoms with van der Waals surface area (Å²) < 4.78 is 34.6. The second-order valence-corrected chi connectivity index (χ2v) is 10.7. The number of hydrogen-bond acceptors (Lipinski definition) is 7. The Kier molecular flexibility index (Phi) is 8.95. The predicted octanol–water partition coefficient (Wildman–Crippen LogP) is 0.653. The molecule has 0 bridgehead atoms. The van der Waals surface area contributed by atoms with Crippen molar-refractivity contribution in [1.29, 1.82) is 5.41 Å². The SMILES string of the molecule is Cc1c(C)c(S(=O)(=O)NC(=N)NCCCC(NC(=O)O)C(=O)NCCO)c(C)c2c1OC(C)(C)C2. The van der Waals surface area contributed by atoms with E-state index >= 15 is 0 Å². The highest BCUT2D eigenvalue weighted by atomic mass is 32.2. The molecule has 2 rings (SSSR count). The fourth-order valence-corrected chi connectivity index (χ4v) is 5.63. The largest absolute Gasteiger partial charge is 0.487 e. The first-order valence-corrected chi connectivity index (χ1v) is 12.7. The molecular weight excluding hydrogens is 478 g/mol. The van der Waals surface area contributed by atoms with Gasteiger partial charge in [-0.05, 0) is 64.2 Å². The molecule has 1 aliphatic heterocycles. The number of ether oxygens (including phenoxy) is 1. The maximum absolute atomic E-state index is 13.2. The number of hydrogen-bond donors (Lipinski definition) is 7. The number of aliphatic hydroxyl groups is 1. The Balaban J connectivity index is 2.03. The number of guanidine groups is 1. The van der Waals surface area contributed by atoms with Gasteiger partial charge in [0.2, 0.25) is 11.9 Å². The van der Waals surface area contributed by atoms with Gasteiger partial charge in [-0.2, -0.15) is 0 Å². The van der Waals surface area contributed by atoms with Crippen LogP contribution in [-0.2, 0) is 21.2 Å². The summed E-state index contributed by atoms with van der Waals surface area (Å²) in [6, 6.07) is -1.04. The maximum Gasteiger partial charge on any atom is 0.405 e. The molecule has 0 aromatic heterocycles. The Morgan fingerprint density at radius 2 is 1.77 bits per heavy atom. The van der Waals surface area contributed by atoms with Crippen molar-refractivity contribution >= 4 is 28.0 Å². The lowest BCUT2D eigenvalue weighted by Gasteiger charge is -2.20. The van der Waals surface area contributed by atoms with E-state index in [2.05, 4.69) is 20.7 Å². The molecule has 0 radical (unpaired) electrons. The first kappa shape index (κ1) is 28.2. The van der Waals surface area contributed by atoms with Gasteiger partial charge in [0.1, 0.15) is 17.4 Å². The van der Waals surface area contributed by atoms with Gasteiger partial charge < -0.3 is 30.9 Å². The van der Waals surface area contributed by atoms with Gasteiger partial charge in [-0.3, -0.25) is 10.2 Å². The molecular formula is C22H35N5O7S. The molecule has 12 nitrogen and oxygen atoms in total. The Morgan fingerprint density at radius 3 is 2.37 bits per heavy atom. The molecule has 0 saturated carbocycles. The van der Waals surface area contributed by atoms with Crippen LogP contribution in [0, 0.1) is 26.2 Å². The molecule has 1 aliphatic rings. The van der Waals surface area contributed by atoms with E-state index in [1.807, 2.05) is 20.8 Å². The third kappa shape index (κ3) is 6.98. The van der Waals surface area contributed by atoms with Crippen LogP contribution >= 0.6 is 0 Å². The lowest BCUT2D eigenvalue weighted by molar-refractivity contribution is -0.123. The molecule has 35 heavy (non-hydrogen) atoms. The minimum atomic E-state index is -4.07. The molecule has 0 saturated heterocycles. The Morgan fingerprint density at radius 1 is 1.11 bits per heavy atom. The topological polar surface area (TPSA) is 190 Å². The van der Waals surface area contributed by atoms with Crippen LogP contribution < -0.4 is 25.4 Å². The highest BCUT2D eigenvalue weighted by molar-refractivity contribution is 7.90. The Bertz CT molecular complexity index is 1100. The van der Waals surface area contributed by atoms with Crippen LogP contribution in [0.1, 0.15) is 48.9 Å². The van der Waals surface area contributed by atoms with Gasteiger partial charge in [-0.15, -0.1) is 0 Å². The number of rotatable bonds is 10. The summed E-state index contributed by atoms with van der Waals surface area (Å²) in [4.78, 5) is 23.1. The molecule has 7 N–H and O–H groups in total. The summed E-state index contributed by atoms with van der Waals surface area (Å²) in [5, 5.41) is 32.9. The van der Waals surface area contributed by atoms with E-state index in [1.165, 1.54) is 0 Å². The summed E-state index contributed by atoms with van der Waals surface area (Å²) in [5.41, 5.74) is 2.29. The molecule has 1 atom stereocenters. The predicted molar refractivity (Wildman–Crippen MR) is 129 cm³/mol. The van der Waals surface area contributed by atoms with Crippen molar-refractivity contribution in [2.75, 3.05) is 19.7 Å². The smallest absolute Gasteiger partial charge is 0.405 e. The number of carbonyl (C=O) groups excluding carboxylic acids is 1. The standard InChI is InChI=1S/C22H35N5O7S/c1-12-13(2)18(14(3)15-11-22(4,5)34-17(12)15)35(32,33)27-20(23)25-8-6-7-16(26-21(30)31)19(29)24-9-10-28/h16,26,28H,6-11H2,1-5H3,(H,24,29)(H,30,31)(H3,23,25,27). The van der Waals surface area contributed by atoms with Crippen molar-refractivity contribution in [3.8, 4) is 5.75 Å². The third-order valence-corrected chi connectivity index (χ3v) is 7.42. The quantitative estimate of drug-likeness (QED) is 0.135. The van der Waals surface area contributed by atoms with Crippen molar-refractivity contribution < 1.29 is 33.0 Å². The van der Waals surface area contributed by atoms with Crippen LogP contribution in [0.15, 0.2) is 4.90 Å². The summed E-state index contributed by atoms with van der Waals surface area (Å²) in [6.45, 7) is 8.98. The minimum Gasteiger partial charge on any atom is -0.487 e. The maximum atomic E-state index is 13.2. The number of benzene rings is 1. The van der Waals surface area contributed by atoms with Crippen molar-refractivity contribution in [2.45, 2.75) is 70.4 Å². The molecule has 13 heteroatoms. The second kappa shape index (κ2) is 11.1. The van der Waals surface area contributed by atoms with Crippen LogP contribution in [0.5, 0.6) is 5.75 Å². The number of carboxylic acid groups (broad SMARTS) is 1. The van der Waals surface area contributed by atoms with E-state index in [0.717, 1.165) is 11.1 Å². The number of sulfonamides is 1. The van der Waals surface area contributed by atoms with E-state index in [0.29, 0.717) is 23.3 Å². The highest BCUT2D eigenvalue weighted by Gasteiger charge is 2.36. The van der Waals surface area contributed by atoms with Gasteiger partial charge in [-0.25, -0.2) is 17.9 Å². The van der Waals surface area contributed by atoms with Gasteiger partial charge >= 0.3 is 6.09 Å². The van der Waals surface area contributed by atoms with Crippen molar-refractivity contribution in [3.63, 3.8) is 0 Å². The lowest BCUT2D eigenvalue weighted by Crippen LogP contribution is -2.47. The molecule has 1 aromatic rings. The van der Waals surface area contributed by atoms with E-state index in [4.69, 9.17) is 20.4 Å². The summed E-state index contributed by atoms with van der Waals surface area (Å²) >= 11 is 0.